The summed E-state index contributed by atoms with van der Waals surface area (Å²) in [6, 6.07) is 10.1. The Labute approximate surface area is 94.4 Å². The van der Waals surface area contributed by atoms with Gasteiger partial charge in [0.25, 0.3) is 0 Å². The van der Waals surface area contributed by atoms with E-state index in [4.69, 9.17) is 5.73 Å². The molecule has 0 unspecified atom stereocenters. The Morgan fingerprint density at radius 3 is 2.56 bits per heavy atom. The van der Waals surface area contributed by atoms with Crippen LogP contribution in [0.5, 0.6) is 0 Å². The van der Waals surface area contributed by atoms with E-state index in [-0.39, 0.29) is 0 Å². The number of aromatic nitrogens is 2. The van der Waals surface area contributed by atoms with Crippen LogP contribution in [0, 0.1) is 0 Å². The van der Waals surface area contributed by atoms with Crippen molar-refractivity contribution in [1.82, 2.24) is 9.97 Å². The summed E-state index contributed by atoms with van der Waals surface area (Å²) < 4.78 is 0. The van der Waals surface area contributed by atoms with Gasteiger partial charge in [-0.1, -0.05) is 30.3 Å². The zero-order valence-electron chi connectivity index (χ0n) is 8.93. The third kappa shape index (κ3) is 1.65. The number of anilines is 1. The Morgan fingerprint density at radius 2 is 1.88 bits per heavy atom. The summed E-state index contributed by atoms with van der Waals surface area (Å²) in [7, 11) is 0. The van der Waals surface area contributed by atoms with Crippen molar-refractivity contribution in [2.24, 2.45) is 0 Å². The van der Waals surface area contributed by atoms with Crippen LogP contribution in [0.4, 0.5) is 5.82 Å². The summed E-state index contributed by atoms with van der Waals surface area (Å²) in [5.41, 5.74) is 8.82. The molecule has 1 aromatic carbocycles. The molecular weight excluding hydrogens is 198 g/mol. The van der Waals surface area contributed by atoms with Crippen LogP contribution in [-0.2, 0) is 0 Å². The second-order valence-electron chi connectivity index (χ2n) is 4.17. The van der Waals surface area contributed by atoms with Crippen LogP contribution >= 0.6 is 0 Å². The molecule has 3 nitrogen and oxygen atoms in total. The summed E-state index contributed by atoms with van der Waals surface area (Å²) in [6.07, 6.45) is 4.13. The Hall–Kier alpha value is -1.90. The molecule has 0 bridgehead atoms. The highest BCUT2D eigenvalue weighted by molar-refractivity contribution is 5.59. The molecule has 0 atom stereocenters. The first-order valence-corrected chi connectivity index (χ1v) is 5.52. The Morgan fingerprint density at radius 1 is 1.12 bits per heavy atom. The molecule has 1 fully saturated rings. The minimum absolute atomic E-state index is 0.538. The Kier molecular flexibility index (Phi) is 2.10. The lowest BCUT2D eigenvalue weighted by molar-refractivity contribution is 1.00. The van der Waals surface area contributed by atoms with Crippen molar-refractivity contribution in [3.05, 3.63) is 42.2 Å². The van der Waals surface area contributed by atoms with Gasteiger partial charge in [-0.15, -0.1) is 0 Å². The molecular formula is C13H13N3. The van der Waals surface area contributed by atoms with Crippen LogP contribution < -0.4 is 5.73 Å². The van der Waals surface area contributed by atoms with Crippen LogP contribution in [0.1, 0.15) is 24.5 Å². The van der Waals surface area contributed by atoms with Gasteiger partial charge in [0, 0.05) is 11.5 Å². The first-order chi connectivity index (χ1) is 7.84. The molecule has 2 aromatic rings. The molecule has 1 aromatic heterocycles. The Bertz CT molecular complexity index is 504. The van der Waals surface area contributed by atoms with E-state index in [1.54, 1.807) is 6.20 Å². The van der Waals surface area contributed by atoms with Crippen molar-refractivity contribution in [2.75, 3.05) is 5.73 Å². The molecule has 0 radical (unpaired) electrons. The van der Waals surface area contributed by atoms with Crippen LogP contribution in [0.15, 0.2) is 36.5 Å². The Balaban J connectivity index is 2.05. The predicted molar refractivity (Wildman–Crippen MR) is 63.9 cm³/mol. The maximum Gasteiger partial charge on any atom is 0.145 e. The lowest BCUT2D eigenvalue weighted by Gasteiger charge is -2.05. The molecule has 3 heteroatoms. The SMILES string of the molecule is Nc1ncc(-c2ccccc2)nc1C1CC1. The number of hydrogen-bond donors (Lipinski definition) is 1. The summed E-state index contributed by atoms with van der Waals surface area (Å²) in [6.45, 7) is 0. The van der Waals surface area contributed by atoms with Crippen molar-refractivity contribution in [1.29, 1.82) is 0 Å². The first kappa shape index (κ1) is 9.33. The van der Waals surface area contributed by atoms with Gasteiger partial charge in [-0.05, 0) is 12.8 Å². The molecule has 3 rings (SSSR count). The molecule has 1 heterocycles. The largest absolute Gasteiger partial charge is 0.382 e. The van der Waals surface area contributed by atoms with Crippen LogP contribution in [0.25, 0.3) is 11.3 Å². The van der Waals surface area contributed by atoms with E-state index in [2.05, 4.69) is 9.97 Å². The normalized spacial score (nSPS) is 15.0. The number of nitrogen functional groups attached to an aromatic ring is 1. The molecule has 80 valence electrons. The second kappa shape index (κ2) is 3.59. The van der Waals surface area contributed by atoms with E-state index >= 15 is 0 Å². The third-order valence-electron chi connectivity index (χ3n) is 2.86. The average molecular weight is 211 g/mol. The topological polar surface area (TPSA) is 51.8 Å². The number of nitrogens with two attached hydrogens (primary N) is 1. The van der Waals surface area contributed by atoms with E-state index in [1.807, 2.05) is 30.3 Å². The third-order valence-corrected chi connectivity index (χ3v) is 2.86. The van der Waals surface area contributed by atoms with Crippen molar-refractivity contribution >= 4 is 5.82 Å². The number of hydrogen-bond acceptors (Lipinski definition) is 3. The van der Waals surface area contributed by atoms with E-state index in [0.717, 1.165) is 17.0 Å². The lowest BCUT2D eigenvalue weighted by Crippen LogP contribution is -2.00. The highest BCUT2D eigenvalue weighted by Crippen LogP contribution is 2.41. The standard InChI is InChI=1S/C13H13N3/c14-13-12(10-6-7-10)16-11(8-15-13)9-4-2-1-3-5-9/h1-5,8,10H,6-7H2,(H2,14,15). The minimum atomic E-state index is 0.538. The van der Waals surface area contributed by atoms with Gasteiger partial charge in [0.2, 0.25) is 0 Å². The lowest BCUT2D eigenvalue weighted by atomic mass is 10.1. The van der Waals surface area contributed by atoms with Gasteiger partial charge < -0.3 is 5.73 Å². The molecule has 0 saturated heterocycles. The zero-order valence-corrected chi connectivity index (χ0v) is 8.93. The van der Waals surface area contributed by atoms with Gasteiger partial charge in [-0.25, -0.2) is 9.97 Å². The van der Waals surface area contributed by atoms with Crippen molar-refractivity contribution in [2.45, 2.75) is 18.8 Å². The van der Waals surface area contributed by atoms with Gasteiger partial charge >= 0.3 is 0 Å². The molecule has 0 amide bonds. The fraction of sp³-hybridized carbons (Fsp3) is 0.231. The van der Waals surface area contributed by atoms with Crippen LogP contribution in [0.3, 0.4) is 0 Å². The number of nitrogens with zero attached hydrogens (tertiary/aromatic N) is 2. The number of rotatable bonds is 2. The predicted octanol–water partition coefficient (Wildman–Crippen LogP) is 2.60. The summed E-state index contributed by atoms with van der Waals surface area (Å²) in [5, 5.41) is 0. The van der Waals surface area contributed by atoms with E-state index in [0.29, 0.717) is 11.7 Å². The minimum Gasteiger partial charge on any atom is -0.382 e. The van der Waals surface area contributed by atoms with E-state index in [1.165, 1.54) is 12.8 Å². The highest BCUT2D eigenvalue weighted by atomic mass is 14.9. The highest BCUT2D eigenvalue weighted by Gasteiger charge is 2.28. The average Bonchev–Trinajstić information content (AvgIpc) is 3.15. The molecule has 16 heavy (non-hydrogen) atoms. The second-order valence-corrected chi connectivity index (χ2v) is 4.17. The molecule has 1 aliphatic carbocycles. The molecule has 0 spiro atoms. The van der Waals surface area contributed by atoms with Gasteiger partial charge in [0.1, 0.15) is 5.82 Å². The van der Waals surface area contributed by atoms with Crippen molar-refractivity contribution in [3.63, 3.8) is 0 Å². The van der Waals surface area contributed by atoms with Gasteiger partial charge in [0.05, 0.1) is 17.6 Å². The number of benzene rings is 1. The van der Waals surface area contributed by atoms with Gasteiger partial charge in [0.15, 0.2) is 0 Å². The van der Waals surface area contributed by atoms with Gasteiger partial charge in [-0.2, -0.15) is 0 Å². The van der Waals surface area contributed by atoms with Gasteiger partial charge in [-0.3, -0.25) is 0 Å². The fourth-order valence-corrected chi connectivity index (χ4v) is 1.82. The van der Waals surface area contributed by atoms with Crippen LogP contribution in [0.2, 0.25) is 0 Å². The van der Waals surface area contributed by atoms with E-state index < -0.39 is 0 Å². The molecule has 1 saturated carbocycles. The maximum atomic E-state index is 5.83. The van der Waals surface area contributed by atoms with Crippen molar-refractivity contribution in [3.8, 4) is 11.3 Å². The maximum absolute atomic E-state index is 5.83. The summed E-state index contributed by atoms with van der Waals surface area (Å²) >= 11 is 0. The molecule has 0 aliphatic heterocycles. The zero-order chi connectivity index (χ0) is 11.0. The summed E-state index contributed by atoms with van der Waals surface area (Å²) in [5.74, 6) is 1.12. The molecule has 1 aliphatic rings. The summed E-state index contributed by atoms with van der Waals surface area (Å²) in [4.78, 5) is 8.85. The fourth-order valence-electron chi connectivity index (χ4n) is 1.82. The first-order valence-electron chi connectivity index (χ1n) is 5.52. The van der Waals surface area contributed by atoms with E-state index in [9.17, 15) is 0 Å². The van der Waals surface area contributed by atoms with Crippen LogP contribution in [-0.4, -0.2) is 9.97 Å². The smallest absolute Gasteiger partial charge is 0.145 e. The molecule has 2 N–H and O–H groups in total. The quantitative estimate of drug-likeness (QED) is 0.830. The van der Waals surface area contributed by atoms with Crippen molar-refractivity contribution < 1.29 is 0 Å². The monoisotopic (exact) mass is 211 g/mol.